The van der Waals surface area contributed by atoms with E-state index in [4.69, 9.17) is 5.10 Å². The Morgan fingerprint density at radius 2 is 1.81 bits per heavy atom. The number of aryl methyl sites for hydroxylation is 2. The van der Waals surface area contributed by atoms with Gasteiger partial charge in [-0.2, -0.15) is 5.10 Å². The van der Waals surface area contributed by atoms with E-state index in [-0.39, 0.29) is 29.9 Å². The van der Waals surface area contributed by atoms with Crippen LogP contribution in [0, 0.1) is 6.92 Å². The van der Waals surface area contributed by atoms with Crippen LogP contribution in [0.15, 0.2) is 54.7 Å². The van der Waals surface area contributed by atoms with E-state index in [1.165, 1.54) is 12.1 Å². The van der Waals surface area contributed by atoms with Gasteiger partial charge in [-0.1, -0.05) is 25.0 Å². The minimum Gasteiger partial charge on any atom is -0.384 e. The number of unbranched alkanes of at least 4 members (excludes halogenated alkanes) is 3. The van der Waals surface area contributed by atoms with Gasteiger partial charge in [0.1, 0.15) is 11.9 Å². The second kappa shape index (κ2) is 14.5. The maximum Gasteiger partial charge on any atom is 0.264 e. The molecule has 1 unspecified atom stereocenters. The fourth-order valence-corrected chi connectivity index (χ4v) is 8.06. The lowest BCUT2D eigenvalue weighted by molar-refractivity contribution is -0.136. The molecule has 8 rings (SSSR count). The lowest BCUT2D eigenvalue weighted by Gasteiger charge is -2.27. The number of carbonyl (C=O) groups excluding carboxylic acids is 5. The first kappa shape index (κ1) is 35.2. The van der Waals surface area contributed by atoms with Gasteiger partial charge >= 0.3 is 0 Å². The zero-order valence-corrected chi connectivity index (χ0v) is 30.4. The number of hydrogen-bond acceptors (Lipinski definition) is 9. The number of aromatic nitrogens is 4. The topological polar surface area (TPSA) is 174 Å². The number of amides is 5. The largest absolute Gasteiger partial charge is 0.384 e. The molecule has 278 valence electrons. The Hall–Kier alpha value is -5.89. The second-order valence-corrected chi connectivity index (χ2v) is 14.5. The fourth-order valence-electron chi connectivity index (χ4n) is 8.06. The summed E-state index contributed by atoms with van der Waals surface area (Å²) in [6.45, 7) is 4.36. The fraction of sp³-hybridized carbons (Fsp3) is 0.375. The van der Waals surface area contributed by atoms with Crippen molar-refractivity contribution < 1.29 is 24.0 Å². The van der Waals surface area contributed by atoms with Crippen LogP contribution >= 0.6 is 0 Å². The van der Waals surface area contributed by atoms with Crippen molar-refractivity contribution in [3.05, 3.63) is 82.8 Å². The summed E-state index contributed by atoms with van der Waals surface area (Å²) >= 11 is 0. The van der Waals surface area contributed by atoms with Crippen LogP contribution in [0.5, 0.6) is 0 Å². The molecule has 5 amide bonds. The summed E-state index contributed by atoms with van der Waals surface area (Å²) in [6.07, 6.45) is 7.90. The van der Waals surface area contributed by atoms with Gasteiger partial charge < -0.3 is 15.6 Å². The number of pyridine rings is 1. The maximum atomic E-state index is 13.4. The van der Waals surface area contributed by atoms with Crippen LogP contribution in [-0.4, -0.2) is 85.3 Å². The van der Waals surface area contributed by atoms with Gasteiger partial charge in [0.2, 0.25) is 11.8 Å². The number of aromatic amines is 1. The Morgan fingerprint density at radius 1 is 0.963 bits per heavy atom. The number of nitrogens with zero attached hydrogens (tertiary/aromatic N) is 5. The Kier molecular flexibility index (Phi) is 9.44. The molecule has 5 aromatic rings. The molecule has 0 saturated carbocycles. The van der Waals surface area contributed by atoms with E-state index in [1.807, 2.05) is 35.9 Å². The van der Waals surface area contributed by atoms with Gasteiger partial charge in [0.25, 0.3) is 17.7 Å². The van der Waals surface area contributed by atoms with Gasteiger partial charge in [-0.05, 0) is 83.0 Å². The summed E-state index contributed by atoms with van der Waals surface area (Å²) in [5, 5.41) is 15.3. The zero-order chi connectivity index (χ0) is 37.5. The average molecular weight is 730 g/mol. The van der Waals surface area contributed by atoms with Gasteiger partial charge in [0.15, 0.2) is 0 Å². The van der Waals surface area contributed by atoms with E-state index >= 15 is 0 Å². The number of rotatable bonds is 12. The van der Waals surface area contributed by atoms with Crippen LogP contribution in [-0.2, 0) is 16.1 Å². The van der Waals surface area contributed by atoms with Crippen molar-refractivity contribution in [2.24, 2.45) is 0 Å². The number of imide groups is 2. The number of likely N-dealkylation sites (tertiary alicyclic amines) is 1. The van der Waals surface area contributed by atoms with E-state index in [9.17, 15) is 24.0 Å². The highest BCUT2D eigenvalue weighted by atomic mass is 16.2. The summed E-state index contributed by atoms with van der Waals surface area (Å²) in [7, 11) is 2.15. The first-order chi connectivity index (χ1) is 26.2. The molecule has 0 radical (unpaired) electrons. The predicted molar refractivity (Wildman–Crippen MR) is 203 cm³/mol. The number of hydrogen-bond donors (Lipinski definition) is 4. The van der Waals surface area contributed by atoms with Crippen molar-refractivity contribution in [2.45, 2.75) is 76.9 Å². The first-order valence-electron chi connectivity index (χ1n) is 18.7. The zero-order valence-electron chi connectivity index (χ0n) is 30.4. The summed E-state index contributed by atoms with van der Waals surface area (Å²) in [5.74, 6) is -1.81. The number of benzene rings is 2. The quantitative estimate of drug-likeness (QED) is 0.0980. The number of H-pyrrole nitrogens is 1. The predicted octanol–water partition coefficient (Wildman–Crippen LogP) is 5.31. The Morgan fingerprint density at radius 3 is 2.63 bits per heavy atom. The molecule has 2 saturated heterocycles. The SMILES string of the molecule is Cc1nn(CCCCCCNc2cccc3c2C(=O)N(C2CCC(=O)NC2=O)C3=O)c2cc(C(=O)Nc3cc4[nH]c([C@H]5CCCN5C)cc4cn3)ccc12. The smallest absolute Gasteiger partial charge is 0.264 e. The van der Waals surface area contributed by atoms with Crippen LogP contribution < -0.4 is 16.0 Å². The molecule has 4 N–H and O–H groups in total. The molecule has 3 aliphatic heterocycles. The number of piperidine rings is 1. The van der Waals surface area contributed by atoms with Crippen molar-refractivity contribution in [1.82, 2.24) is 34.9 Å². The summed E-state index contributed by atoms with van der Waals surface area (Å²) < 4.78 is 1.97. The molecule has 0 aliphatic carbocycles. The van der Waals surface area contributed by atoms with E-state index in [2.05, 4.69) is 43.9 Å². The summed E-state index contributed by atoms with van der Waals surface area (Å²) in [4.78, 5) is 75.3. The van der Waals surface area contributed by atoms with Crippen molar-refractivity contribution in [3.63, 3.8) is 0 Å². The van der Waals surface area contributed by atoms with Crippen LogP contribution in [0.1, 0.15) is 99.9 Å². The highest BCUT2D eigenvalue weighted by molar-refractivity contribution is 6.25. The number of nitrogens with one attached hydrogen (secondary N) is 4. The standard InChI is InChI=1S/C40H43N9O5/c1-23-26-13-12-24(37(51)44-34-21-29-25(22-42-34)19-30(43-29)31-11-8-17-47(31)2)20-33(26)48(46-23)18-6-4-3-5-16-41-28-10-7-9-27-36(28)40(54)49(39(27)53)32-14-15-35(50)45-38(32)52/h7,9-10,12-13,19-22,31-32,41,43H,3-6,8,11,14-18H2,1-2H3,(H,42,44,51)(H,45,50,52)/t31-,32?/m1/s1. The van der Waals surface area contributed by atoms with Gasteiger partial charge in [0.05, 0.1) is 27.9 Å². The summed E-state index contributed by atoms with van der Waals surface area (Å²) in [5.41, 5.74) is 5.55. The van der Waals surface area contributed by atoms with E-state index in [1.54, 1.807) is 24.4 Å². The highest BCUT2D eigenvalue weighted by Crippen LogP contribution is 2.34. The Bertz CT molecular complexity index is 2330. The van der Waals surface area contributed by atoms with Crippen LogP contribution in [0.25, 0.3) is 21.8 Å². The van der Waals surface area contributed by atoms with Crippen LogP contribution in [0.2, 0.25) is 0 Å². The minimum atomic E-state index is -0.997. The monoisotopic (exact) mass is 729 g/mol. The van der Waals surface area contributed by atoms with E-state index < -0.39 is 29.7 Å². The molecule has 6 heterocycles. The molecular weight excluding hydrogens is 686 g/mol. The third-order valence-corrected chi connectivity index (χ3v) is 10.9. The number of anilines is 2. The maximum absolute atomic E-state index is 13.4. The molecule has 2 fully saturated rings. The second-order valence-electron chi connectivity index (χ2n) is 14.5. The molecule has 2 atom stereocenters. The lowest BCUT2D eigenvalue weighted by atomic mass is 10.0. The third-order valence-electron chi connectivity index (χ3n) is 10.9. The average Bonchev–Trinajstić information content (AvgIpc) is 3.92. The molecule has 14 heteroatoms. The third kappa shape index (κ3) is 6.61. The van der Waals surface area contributed by atoms with Gasteiger partial charge in [-0.3, -0.25) is 43.8 Å². The first-order valence-corrected chi connectivity index (χ1v) is 18.7. The molecule has 54 heavy (non-hydrogen) atoms. The number of fused-ring (bicyclic) bond motifs is 3. The minimum absolute atomic E-state index is 0.0767. The van der Waals surface area contributed by atoms with Gasteiger partial charge in [0, 0.05) is 65.5 Å². The van der Waals surface area contributed by atoms with Crippen molar-refractivity contribution >= 4 is 62.8 Å². The Labute approximate surface area is 311 Å². The normalized spacial score (nSPS) is 18.9. The van der Waals surface area contributed by atoms with Gasteiger partial charge in [-0.25, -0.2) is 4.98 Å². The molecule has 14 nitrogen and oxygen atoms in total. The van der Waals surface area contributed by atoms with Crippen molar-refractivity contribution in [2.75, 3.05) is 30.8 Å². The van der Waals surface area contributed by atoms with Crippen LogP contribution in [0.4, 0.5) is 11.5 Å². The lowest BCUT2D eigenvalue weighted by Crippen LogP contribution is -2.54. The molecule has 0 spiro atoms. The molecular formula is C40H43N9O5. The molecule has 0 bridgehead atoms. The molecule has 3 aliphatic rings. The van der Waals surface area contributed by atoms with E-state index in [0.29, 0.717) is 36.2 Å². The van der Waals surface area contributed by atoms with E-state index in [0.717, 1.165) is 71.0 Å². The van der Waals surface area contributed by atoms with Crippen molar-refractivity contribution in [1.29, 1.82) is 0 Å². The molecule has 2 aromatic carbocycles. The van der Waals surface area contributed by atoms with Gasteiger partial charge in [-0.15, -0.1) is 0 Å². The Balaban J connectivity index is 0.841. The van der Waals surface area contributed by atoms with Crippen LogP contribution in [0.3, 0.4) is 0 Å². The molecule has 3 aromatic heterocycles. The highest BCUT2D eigenvalue weighted by Gasteiger charge is 2.45. The summed E-state index contributed by atoms with van der Waals surface area (Å²) in [6, 6.07) is 14.1. The number of carbonyl (C=O) groups is 5. The van der Waals surface area contributed by atoms with Crippen molar-refractivity contribution in [3.8, 4) is 0 Å².